The molecule has 0 aromatic carbocycles. The SMILES string of the molecule is CCC(C)NC(=NCC(=O)N(C)C)NC1CCN(CC2CCOC2)CC1.I. The molecule has 2 saturated heterocycles. The second-order valence-electron chi connectivity index (χ2n) is 7.86. The van der Waals surface area contributed by atoms with Gasteiger partial charge in [0.1, 0.15) is 6.54 Å². The average molecular weight is 495 g/mol. The molecule has 0 saturated carbocycles. The van der Waals surface area contributed by atoms with Crippen molar-refractivity contribution in [3.05, 3.63) is 0 Å². The van der Waals surface area contributed by atoms with E-state index in [4.69, 9.17) is 4.74 Å². The molecule has 2 fully saturated rings. The lowest BCUT2D eigenvalue weighted by molar-refractivity contribution is -0.127. The van der Waals surface area contributed by atoms with Gasteiger partial charge in [0, 0.05) is 52.4 Å². The van der Waals surface area contributed by atoms with Gasteiger partial charge in [-0.1, -0.05) is 6.92 Å². The summed E-state index contributed by atoms with van der Waals surface area (Å²) in [5.41, 5.74) is 0. The van der Waals surface area contributed by atoms with Gasteiger partial charge in [0.15, 0.2) is 5.96 Å². The molecule has 8 heteroatoms. The molecule has 0 aromatic rings. The van der Waals surface area contributed by atoms with Crippen LogP contribution in [0, 0.1) is 5.92 Å². The third kappa shape index (κ3) is 8.95. The third-order valence-corrected chi connectivity index (χ3v) is 5.34. The van der Waals surface area contributed by atoms with Gasteiger partial charge in [-0.05, 0) is 38.5 Å². The lowest BCUT2D eigenvalue weighted by Gasteiger charge is -2.34. The van der Waals surface area contributed by atoms with Crippen LogP contribution in [-0.2, 0) is 9.53 Å². The van der Waals surface area contributed by atoms with E-state index in [1.807, 2.05) is 0 Å². The molecular weight excluding hydrogens is 457 g/mol. The summed E-state index contributed by atoms with van der Waals surface area (Å²) in [5.74, 6) is 1.49. The van der Waals surface area contributed by atoms with Gasteiger partial charge in [0.05, 0.1) is 6.61 Å². The zero-order chi connectivity index (χ0) is 18.9. The molecular formula is C19H38IN5O2. The van der Waals surface area contributed by atoms with E-state index in [9.17, 15) is 4.79 Å². The Morgan fingerprint density at radius 1 is 1.30 bits per heavy atom. The van der Waals surface area contributed by atoms with E-state index in [0.29, 0.717) is 18.0 Å². The molecule has 2 atom stereocenters. The minimum atomic E-state index is 0. The molecule has 0 aromatic heterocycles. The first-order valence-corrected chi connectivity index (χ1v) is 10.1. The number of carbonyl (C=O) groups is 1. The minimum absolute atomic E-state index is 0. The zero-order valence-corrected chi connectivity index (χ0v) is 19.7. The number of guanidine groups is 1. The Bertz CT molecular complexity index is 461. The number of halogens is 1. The van der Waals surface area contributed by atoms with E-state index in [-0.39, 0.29) is 36.4 Å². The largest absolute Gasteiger partial charge is 0.381 e. The number of hydrogen-bond acceptors (Lipinski definition) is 4. The van der Waals surface area contributed by atoms with Crippen molar-refractivity contribution in [3.8, 4) is 0 Å². The van der Waals surface area contributed by atoms with Crippen LogP contribution in [-0.4, -0.2) is 87.2 Å². The second kappa shape index (κ2) is 12.8. The monoisotopic (exact) mass is 495 g/mol. The van der Waals surface area contributed by atoms with E-state index >= 15 is 0 Å². The number of hydrogen-bond donors (Lipinski definition) is 2. The normalized spacial score (nSPS) is 22.8. The predicted molar refractivity (Wildman–Crippen MR) is 121 cm³/mol. The van der Waals surface area contributed by atoms with Gasteiger partial charge < -0.3 is 25.2 Å². The summed E-state index contributed by atoms with van der Waals surface area (Å²) in [6.45, 7) is 9.70. The Labute approximate surface area is 181 Å². The maximum absolute atomic E-state index is 11.8. The molecule has 158 valence electrons. The molecule has 2 N–H and O–H groups in total. The van der Waals surface area contributed by atoms with Crippen LogP contribution in [0.15, 0.2) is 4.99 Å². The molecule has 2 aliphatic rings. The van der Waals surface area contributed by atoms with E-state index in [1.165, 1.54) is 6.42 Å². The number of rotatable bonds is 7. The third-order valence-electron chi connectivity index (χ3n) is 5.34. The van der Waals surface area contributed by atoms with Crippen LogP contribution < -0.4 is 10.6 Å². The molecule has 0 radical (unpaired) electrons. The van der Waals surface area contributed by atoms with Crippen molar-refractivity contribution < 1.29 is 9.53 Å². The Balaban J connectivity index is 0.00000364. The first-order valence-electron chi connectivity index (χ1n) is 10.1. The molecule has 0 spiro atoms. The van der Waals surface area contributed by atoms with Gasteiger partial charge >= 0.3 is 0 Å². The van der Waals surface area contributed by atoms with Crippen LogP contribution in [0.4, 0.5) is 0 Å². The summed E-state index contributed by atoms with van der Waals surface area (Å²) in [7, 11) is 3.52. The Morgan fingerprint density at radius 3 is 2.56 bits per heavy atom. The molecule has 2 unspecified atom stereocenters. The van der Waals surface area contributed by atoms with Gasteiger partial charge in [0.2, 0.25) is 5.91 Å². The minimum Gasteiger partial charge on any atom is -0.381 e. The van der Waals surface area contributed by atoms with E-state index < -0.39 is 0 Å². The van der Waals surface area contributed by atoms with Crippen molar-refractivity contribution in [2.45, 2.75) is 51.6 Å². The van der Waals surface area contributed by atoms with Crippen LogP contribution >= 0.6 is 24.0 Å². The molecule has 0 bridgehead atoms. The van der Waals surface area contributed by atoms with Gasteiger partial charge in [0.25, 0.3) is 0 Å². The topological polar surface area (TPSA) is 69.2 Å². The quantitative estimate of drug-likeness (QED) is 0.319. The van der Waals surface area contributed by atoms with Crippen molar-refractivity contribution in [2.24, 2.45) is 10.9 Å². The van der Waals surface area contributed by atoms with Gasteiger partial charge in [-0.15, -0.1) is 24.0 Å². The highest BCUT2D eigenvalue weighted by Gasteiger charge is 2.24. The standard InChI is InChI=1S/C19H37N5O2.HI/c1-5-15(2)21-19(20-12-18(25)23(3)4)22-17-6-9-24(10-7-17)13-16-8-11-26-14-16;/h15-17H,5-14H2,1-4H3,(H2,20,21,22);1H. The number of nitrogens with zero attached hydrogens (tertiary/aromatic N) is 3. The van der Waals surface area contributed by atoms with E-state index in [2.05, 4.69) is 34.4 Å². The molecule has 1 amide bonds. The summed E-state index contributed by atoms with van der Waals surface area (Å²) in [5, 5.41) is 6.96. The summed E-state index contributed by atoms with van der Waals surface area (Å²) in [6, 6.07) is 0.744. The first-order chi connectivity index (χ1) is 12.5. The van der Waals surface area contributed by atoms with Gasteiger partial charge in [-0.2, -0.15) is 0 Å². The summed E-state index contributed by atoms with van der Waals surface area (Å²) in [4.78, 5) is 20.5. The highest BCUT2D eigenvalue weighted by Crippen LogP contribution is 2.17. The maximum atomic E-state index is 11.8. The smallest absolute Gasteiger partial charge is 0.243 e. The number of amides is 1. The number of ether oxygens (including phenoxy) is 1. The molecule has 0 aliphatic carbocycles. The van der Waals surface area contributed by atoms with Crippen molar-refractivity contribution in [3.63, 3.8) is 0 Å². The lowest BCUT2D eigenvalue weighted by atomic mass is 10.0. The van der Waals surface area contributed by atoms with Crippen molar-refractivity contribution in [1.29, 1.82) is 0 Å². The fourth-order valence-corrected chi connectivity index (χ4v) is 3.30. The van der Waals surface area contributed by atoms with Gasteiger partial charge in [-0.3, -0.25) is 4.79 Å². The van der Waals surface area contributed by atoms with Crippen LogP contribution in [0.25, 0.3) is 0 Å². The van der Waals surface area contributed by atoms with Crippen LogP contribution in [0.3, 0.4) is 0 Å². The Morgan fingerprint density at radius 2 is 2.00 bits per heavy atom. The summed E-state index contributed by atoms with van der Waals surface area (Å²) < 4.78 is 5.49. The number of carbonyl (C=O) groups excluding carboxylic acids is 1. The molecule has 7 nitrogen and oxygen atoms in total. The highest BCUT2D eigenvalue weighted by atomic mass is 127. The number of piperidine rings is 1. The van der Waals surface area contributed by atoms with Crippen molar-refractivity contribution in [1.82, 2.24) is 20.4 Å². The maximum Gasteiger partial charge on any atom is 0.243 e. The summed E-state index contributed by atoms with van der Waals surface area (Å²) >= 11 is 0. The predicted octanol–water partition coefficient (Wildman–Crippen LogP) is 1.53. The van der Waals surface area contributed by atoms with Crippen LogP contribution in [0.5, 0.6) is 0 Å². The van der Waals surface area contributed by atoms with Crippen LogP contribution in [0.1, 0.15) is 39.5 Å². The Kier molecular flexibility index (Phi) is 11.6. The number of likely N-dealkylation sites (N-methyl/N-ethyl adjacent to an activating group) is 1. The molecule has 2 heterocycles. The molecule has 27 heavy (non-hydrogen) atoms. The van der Waals surface area contributed by atoms with Crippen molar-refractivity contribution in [2.75, 3.05) is 53.5 Å². The molecule has 2 aliphatic heterocycles. The van der Waals surface area contributed by atoms with E-state index in [1.54, 1.807) is 19.0 Å². The zero-order valence-electron chi connectivity index (χ0n) is 17.4. The number of aliphatic imine (C=N–C) groups is 1. The number of likely N-dealkylation sites (tertiary alicyclic amines) is 1. The first kappa shape index (κ1) is 24.4. The Hall–Kier alpha value is -0.610. The lowest BCUT2D eigenvalue weighted by Crippen LogP contribution is -2.51. The second-order valence-corrected chi connectivity index (χ2v) is 7.86. The van der Waals surface area contributed by atoms with Crippen LogP contribution in [0.2, 0.25) is 0 Å². The average Bonchev–Trinajstić information content (AvgIpc) is 3.13. The highest BCUT2D eigenvalue weighted by molar-refractivity contribution is 14.0. The van der Waals surface area contributed by atoms with E-state index in [0.717, 1.165) is 58.1 Å². The fourth-order valence-electron chi connectivity index (χ4n) is 3.30. The van der Waals surface area contributed by atoms with Gasteiger partial charge in [-0.25, -0.2) is 4.99 Å². The fraction of sp³-hybridized carbons (Fsp3) is 0.895. The molecule has 2 rings (SSSR count). The van der Waals surface area contributed by atoms with Crippen molar-refractivity contribution >= 4 is 35.8 Å². The number of nitrogens with one attached hydrogen (secondary N) is 2. The summed E-state index contributed by atoms with van der Waals surface area (Å²) in [6.07, 6.45) is 4.44.